The maximum atomic E-state index is 13.9. The van der Waals surface area contributed by atoms with Gasteiger partial charge in [0.05, 0.1) is 19.4 Å². The standard InChI is InChI=1S/C32H25FN2O5/c1-37-23-10-6-20(7-11-23)16-30(36)39-25-14-15-26-29(17-25)40-32(35)27(18-34)31(26)21-8-12-24(13-9-21)38-19-22-4-2-3-5-28(22)33/h2-15,17,31H,16,19,35H2,1H3. The van der Waals surface area contributed by atoms with Gasteiger partial charge in [0.15, 0.2) is 0 Å². The van der Waals surface area contributed by atoms with Crippen molar-refractivity contribution in [1.29, 1.82) is 5.26 Å². The van der Waals surface area contributed by atoms with Crippen molar-refractivity contribution in [2.75, 3.05) is 7.11 Å². The molecule has 0 spiro atoms. The van der Waals surface area contributed by atoms with E-state index in [1.165, 1.54) is 6.07 Å². The molecule has 8 heteroatoms. The van der Waals surface area contributed by atoms with Gasteiger partial charge in [-0.1, -0.05) is 48.5 Å². The number of halogens is 1. The number of hydrogen-bond acceptors (Lipinski definition) is 7. The summed E-state index contributed by atoms with van der Waals surface area (Å²) in [6, 6.07) is 27.9. The Kier molecular flexibility index (Phi) is 7.65. The zero-order valence-electron chi connectivity index (χ0n) is 21.6. The van der Waals surface area contributed by atoms with Gasteiger partial charge in [-0.05, 0) is 47.5 Å². The van der Waals surface area contributed by atoms with Crippen molar-refractivity contribution in [2.45, 2.75) is 18.9 Å². The van der Waals surface area contributed by atoms with Crippen LogP contribution in [0.4, 0.5) is 4.39 Å². The van der Waals surface area contributed by atoms with Crippen LogP contribution in [0.15, 0.2) is 102 Å². The Morgan fingerprint density at radius 3 is 2.38 bits per heavy atom. The third kappa shape index (κ3) is 5.74. The van der Waals surface area contributed by atoms with Crippen LogP contribution in [0, 0.1) is 17.1 Å². The maximum absolute atomic E-state index is 13.9. The van der Waals surface area contributed by atoms with E-state index in [1.807, 2.05) is 12.1 Å². The smallest absolute Gasteiger partial charge is 0.315 e. The van der Waals surface area contributed by atoms with Crippen LogP contribution in [0.25, 0.3) is 0 Å². The fourth-order valence-electron chi connectivity index (χ4n) is 4.45. The highest BCUT2D eigenvalue weighted by molar-refractivity contribution is 5.75. The van der Waals surface area contributed by atoms with Gasteiger partial charge in [-0.3, -0.25) is 4.79 Å². The summed E-state index contributed by atoms with van der Waals surface area (Å²) in [5, 5.41) is 9.85. The van der Waals surface area contributed by atoms with Crippen LogP contribution in [-0.2, 0) is 17.8 Å². The zero-order chi connectivity index (χ0) is 28.1. The van der Waals surface area contributed by atoms with Gasteiger partial charge in [0, 0.05) is 17.2 Å². The highest BCUT2D eigenvalue weighted by atomic mass is 19.1. The molecule has 0 aliphatic carbocycles. The molecule has 1 heterocycles. The van der Waals surface area contributed by atoms with Gasteiger partial charge in [-0.15, -0.1) is 0 Å². The van der Waals surface area contributed by atoms with E-state index in [1.54, 1.807) is 79.9 Å². The van der Waals surface area contributed by atoms with E-state index in [0.29, 0.717) is 34.1 Å². The molecule has 0 saturated heterocycles. The predicted molar refractivity (Wildman–Crippen MR) is 145 cm³/mol. The Hall–Kier alpha value is -5.29. The SMILES string of the molecule is COc1ccc(CC(=O)Oc2ccc3c(c2)OC(N)=C(C#N)C3c2ccc(OCc3ccccc3F)cc2)cc1. The quantitative estimate of drug-likeness (QED) is 0.225. The summed E-state index contributed by atoms with van der Waals surface area (Å²) >= 11 is 0. The number of hydrogen-bond donors (Lipinski definition) is 1. The number of nitrogens with zero attached hydrogens (tertiary/aromatic N) is 1. The number of nitrogens with two attached hydrogens (primary N) is 1. The fraction of sp³-hybridized carbons (Fsp3) is 0.125. The number of carbonyl (C=O) groups is 1. The number of carbonyl (C=O) groups excluding carboxylic acids is 1. The third-order valence-electron chi connectivity index (χ3n) is 6.50. The van der Waals surface area contributed by atoms with E-state index in [4.69, 9.17) is 24.7 Å². The molecule has 40 heavy (non-hydrogen) atoms. The second-order valence-electron chi connectivity index (χ2n) is 9.07. The molecule has 2 N–H and O–H groups in total. The summed E-state index contributed by atoms with van der Waals surface area (Å²) in [5.41, 5.74) is 9.10. The van der Waals surface area contributed by atoms with E-state index in [9.17, 15) is 14.4 Å². The number of fused-ring (bicyclic) bond motifs is 1. The highest BCUT2D eigenvalue weighted by Crippen LogP contribution is 2.43. The van der Waals surface area contributed by atoms with Crippen LogP contribution in [0.1, 0.15) is 28.2 Å². The van der Waals surface area contributed by atoms with Crippen molar-refractivity contribution in [3.8, 4) is 29.1 Å². The molecule has 200 valence electrons. The molecule has 0 fully saturated rings. The van der Waals surface area contributed by atoms with Gasteiger partial charge < -0.3 is 24.7 Å². The molecule has 0 aromatic heterocycles. The molecule has 4 aromatic carbocycles. The first-order valence-corrected chi connectivity index (χ1v) is 12.5. The minimum atomic E-state index is -0.501. The van der Waals surface area contributed by atoms with E-state index >= 15 is 0 Å². The molecule has 0 saturated carbocycles. The van der Waals surface area contributed by atoms with Crippen LogP contribution in [0.5, 0.6) is 23.0 Å². The van der Waals surface area contributed by atoms with Gasteiger partial charge in [-0.25, -0.2) is 4.39 Å². The van der Waals surface area contributed by atoms with E-state index in [-0.39, 0.29) is 30.3 Å². The predicted octanol–water partition coefficient (Wildman–Crippen LogP) is 5.78. The number of nitriles is 1. The van der Waals surface area contributed by atoms with Crippen LogP contribution >= 0.6 is 0 Å². The summed E-state index contributed by atoms with van der Waals surface area (Å²) in [7, 11) is 1.58. The van der Waals surface area contributed by atoms with E-state index < -0.39 is 11.9 Å². The number of allylic oxidation sites excluding steroid dienone is 1. The number of esters is 1. The third-order valence-corrected chi connectivity index (χ3v) is 6.50. The summed E-state index contributed by atoms with van der Waals surface area (Å²) in [6.07, 6.45) is 0.0799. The average molecular weight is 537 g/mol. The van der Waals surface area contributed by atoms with Gasteiger partial charge in [0.2, 0.25) is 5.88 Å². The van der Waals surface area contributed by atoms with Crippen molar-refractivity contribution in [1.82, 2.24) is 0 Å². The van der Waals surface area contributed by atoms with Gasteiger partial charge >= 0.3 is 5.97 Å². The minimum absolute atomic E-state index is 0.0263. The first-order chi connectivity index (χ1) is 19.4. The zero-order valence-corrected chi connectivity index (χ0v) is 21.6. The van der Waals surface area contributed by atoms with Crippen molar-refractivity contribution < 1.29 is 28.1 Å². The number of methoxy groups -OCH3 is 1. The molecule has 0 bridgehead atoms. The summed E-state index contributed by atoms with van der Waals surface area (Å²) in [5.74, 6) is 0.629. The molecule has 0 amide bonds. The van der Waals surface area contributed by atoms with E-state index in [2.05, 4.69) is 6.07 Å². The van der Waals surface area contributed by atoms with Crippen LogP contribution in [0.2, 0.25) is 0 Å². The minimum Gasteiger partial charge on any atom is -0.497 e. The molecule has 5 rings (SSSR count). The second-order valence-corrected chi connectivity index (χ2v) is 9.07. The number of benzene rings is 4. The maximum Gasteiger partial charge on any atom is 0.315 e. The summed E-state index contributed by atoms with van der Waals surface area (Å²) < 4.78 is 36.1. The Labute approximate surface area is 230 Å². The van der Waals surface area contributed by atoms with Crippen LogP contribution in [0.3, 0.4) is 0 Å². The summed E-state index contributed by atoms with van der Waals surface area (Å²) in [6.45, 7) is 0.0857. The van der Waals surface area contributed by atoms with Crippen molar-refractivity contribution in [3.63, 3.8) is 0 Å². The van der Waals surface area contributed by atoms with Crippen molar-refractivity contribution in [3.05, 3.63) is 131 Å². The Balaban J connectivity index is 1.33. The lowest BCUT2D eigenvalue weighted by Crippen LogP contribution is -2.21. The first-order valence-electron chi connectivity index (χ1n) is 12.5. The van der Waals surface area contributed by atoms with Crippen molar-refractivity contribution in [2.24, 2.45) is 5.73 Å². The van der Waals surface area contributed by atoms with Gasteiger partial charge in [0.1, 0.15) is 47.1 Å². The second kappa shape index (κ2) is 11.6. The van der Waals surface area contributed by atoms with Gasteiger partial charge in [0.25, 0.3) is 0 Å². The lowest BCUT2D eigenvalue weighted by molar-refractivity contribution is -0.133. The Morgan fingerprint density at radius 1 is 0.975 bits per heavy atom. The summed E-state index contributed by atoms with van der Waals surface area (Å²) in [4.78, 5) is 12.5. The van der Waals surface area contributed by atoms with Crippen molar-refractivity contribution >= 4 is 5.97 Å². The van der Waals surface area contributed by atoms with Crippen LogP contribution < -0.4 is 24.7 Å². The van der Waals surface area contributed by atoms with Gasteiger partial charge in [-0.2, -0.15) is 5.26 Å². The molecule has 1 atom stereocenters. The number of ether oxygens (including phenoxy) is 4. The van der Waals surface area contributed by atoms with E-state index in [0.717, 1.165) is 11.1 Å². The molecule has 0 radical (unpaired) electrons. The lowest BCUT2D eigenvalue weighted by Gasteiger charge is -2.26. The lowest BCUT2D eigenvalue weighted by atomic mass is 9.83. The highest BCUT2D eigenvalue weighted by Gasteiger charge is 2.31. The monoisotopic (exact) mass is 536 g/mol. The molecule has 1 aliphatic heterocycles. The largest absolute Gasteiger partial charge is 0.497 e. The molecular weight excluding hydrogens is 511 g/mol. The molecule has 4 aromatic rings. The normalized spacial score (nSPS) is 14.0. The first kappa shape index (κ1) is 26.3. The molecule has 1 unspecified atom stereocenters. The van der Waals surface area contributed by atoms with Crippen LogP contribution in [-0.4, -0.2) is 13.1 Å². The Bertz CT molecular complexity index is 1610. The Morgan fingerprint density at radius 2 is 1.68 bits per heavy atom. The number of rotatable bonds is 8. The topological polar surface area (TPSA) is 104 Å². The average Bonchev–Trinajstić information content (AvgIpc) is 2.96. The molecule has 7 nitrogen and oxygen atoms in total. The molecule has 1 aliphatic rings. The molecular formula is C32H25FN2O5. The fourth-order valence-corrected chi connectivity index (χ4v) is 4.45.